The summed E-state index contributed by atoms with van der Waals surface area (Å²) in [5, 5.41) is 17.5. The highest BCUT2D eigenvalue weighted by atomic mass is 32.2. The molecule has 0 unspecified atom stereocenters. The quantitative estimate of drug-likeness (QED) is 0.819. The molecule has 7 heteroatoms. The van der Waals surface area contributed by atoms with Crippen LogP contribution in [0.25, 0.3) is 11.6 Å². The van der Waals surface area contributed by atoms with E-state index in [9.17, 15) is 4.79 Å². The second-order valence-corrected chi connectivity index (χ2v) is 5.02. The van der Waals surface area contributed by atoms with Crippen LogP contribution >= 0.6 is 11.8 Å². The van der Waals surface area contributed by atoms with Crippen molar-refractivity contribution in [1.82, 2.24) is 14.8 Å². The Bertz CT molecular complexity index is 577. The average Bonchev–Trinajstić information content (AvgIpc) is 2.94. The number of thioether (sulfide) groups is 1. The molecule has 2 aromatic rings. The van der Waals surface area contributed by atoms with E-state index in [4.69, 9.17) is 9.52 Å². The Labute approximate surface area is 114 Å². The van der Waals surface area contributed by atoms with E-state index in [2.05, 4.69) is 10.2 Å². The number of carbonyl (C=O) groups is 1. The number of aliphatic carboxylic acids is 1. The summed E-state index contributed by atoms with van der Waals surface area (Å²) in [6.45, 7) is 4.71. The van der Waals surface area contributed by atoms with Gasteiger partial charge in [-0.3, -0.25) is 9.36 Å². The monoisotopic (exact) mass is 281 g/mol. The van der Waals surface area contributed by atoms with Crippen molar-refractivity contribution in [2.75, 3.05) is 5.75 Å². The van der Waals surface area contributed by atoms with Crippen LogP contribution in [0.2, 0.25) is 0 Å². The number of hydrogen-bond donors (Lipinski definition) is 1. The van der Waals surface area contributed by atoms with Gasteiger partial charge in [0.15, 0.2) is 10.9 Å². The molecular weight excluding hydrogens is 266 g/mol. The van der Waals surface area contributed by atoms with Crippen LogP contribution in [0.1, 0.15) is 18.9 Å². The summed E-state index contributed by atoms with van der Waals surface area (Å²) in [7, 11) is 0. The first kappa shape index (κ1) is 13.7. The van der Waals surface area contributed by atoms with Gasteiger partial charge in [0.25, 0.3) is 0 Å². The summed E-state index contributed by atoms with van der Waals surface area (Å²) in [6, 6.07) is 1.87. The third kappa shape index (κ3) is 2.98. The van der Waals surface area contributed by atoms with Crippen molar-refractivity contribution >= 4 is 17.7 Å². The molecular formula is C12H15N3O3S. The van der Waals surface area contributed by atoms with Gasteiger partial charge in [0.05, 0.1) is 12.0 Å². The molecule has 0 spiro atoms. The molecule has 0 saturated carbocycles. The number of nitrogens with zero attached hydrogens (tertiary/aromatic N) is 3. The number of carboxylic acids is 1. The van der Waals surface area contributed by atoms with Crippen molar-refractivity contribution in [2.24, 2.45) is 0 Å². The lowest BCUT2D eigenvalue weighted by molar-refractivity contribution is -0.133. The number of aryl methyl sites for hydroxylation is 1. The number of furan rings is 1. The van der Waals surface area contributed by atoms with Gasteiger partial charge in [-0.25, -0.2) is 0 Å². The third-order valence-corrected chi connectivity index (χ3v) is 3.51. The molecule has 0 aromatic carbocycles. The molecule has 0 aliphatic rings. The van der Waals surface area contributed by atoms with Gasteiger partial charge in [0.1, 0.15) is 0 Å². The van der Waals surface area contributed by atoms with Crippen LogP contribution in [-0.2, 0) is 11.3 Å². The van der Waals surface area contributed by atoms with E-state index in [1.54, 1.807) is 6.26 Å². The molecule has 2 heterocycles. The second-order valence-electron chi connectivity index (χ2n) is 4.07. The smallest absolute Gasteiger partial charge is 0.313 e. The van der Waals surface area contributed by atoms with Gasteiger partial charge >= 0.3 is 5.97 Å². The predicted molar refractivity (Wildman–Crippen MR) is 71.1 cm³/mol. The molecule has 0 aliphatic heterocycles. The van der Waals surface area contributed by atoms with E-state index in [0.717, 1.165) is 18.5 Å². The molecule has 0 saturated heterocycles. The number of rotatable bonds is 6. The summed E-state index contributed by atoms with van der Waals surface area (Å²) in [6.07, 6.45) is 2.52. The first-order chi connectivity index (χ1) is 9.13. The highest BCUT2D eigenvalue weighted by Gasteiger charge is 2.18. The van der Waals surface area contributed by atoms with Gasteiger partial charge in [0.2, 0.25) is 5.82 Å². The van der Waals surface area contributed by atoms with E-state index in [1.165, 1.54) is 11.8 Å². The number of carboxylic acid groups (broad SMARTS) is 1. The van der Waals surface area contributed by atoms with Crippen molar-refractivity contribution in [3.05, 3.63) is 17.9 Å². The largest absolute Gasteiger partial charge is 0.481 e. The Morgan fingerprint density at radius 1 is 1.53 bits per heavy atom. The SMILES string of the molecule is CCCn1c(SCC(=O)O)nnc1-c1occc1C. The molecule has 0 radical (unpaired) electrons. The highest BCUT2D eigenvalue weighted by Crippen LogP contribution is 2.27. The Kier molecular flexibility index (Phi) is 4.26. The zero-order valence-corrected chi connectivity index (χ0v) is 11.6. The Morgan fingerprint density at radius 3 is 2.89 bits per heavy atom. The first-order valence-corrected chi connectivity index (χ1v) is 6.94. The van der Waals surface area contributed by atoms with Gasteiger partial charge in [-0.1, -0.05) is 18.7 Å². The van der Waals surface area contributed by atoms with Gasteiger partial charge < -0.3 is 9.52 Å². The Hall–Kier alpha value is -1.76. The maximum Gasteiger partial charge on any atom is 0.313 e. The Balaban J connectivity index is 2.34. The average molecular weight is 281 g/mol. The van der Waals surface area contributed by atoms with Crippen LogP contribution < -0.4 is 0 Å². The number of aromatic nitrogens is 3. The van der Waals surface area contributed by atoms with Crippen molar-refractivity contribution in [1.29, 1.82) is 0 Å². The normalized spacial score (nSPS) is 10.8. The maximum absolute atomic E-state index is 10.6. The van der Waals surface area contributed by atoms with Crippen LogP contribution in [0.4, 0.5) is 0 Å². The topological polar surface area (TPSA) is 81.2 Å². The fraction of sp³-hybridized carbons (Fsp3) is 0.417. The standard InChI is InChI=1S/C12H15N3O3S/c1-3-5-15-11(10-8(2)4-6-18-10)13-14-12(15)19-7-9(16)17/h4,6H,3,5,7H2,1-2H3,(H,16,17). The molecule has 0 amide bonds. The molecule has 19 heavy (non-hydrogen) atoms. The molecule has 102 valence electrons. The van der Waals surface area contributed by atoms with Crippen LogP contribution in [0.5, 0.6) is 0 Å². The lowest BCUT2D eigenvalue weighted by atomic mass is 10.2. The molecule has 2 rings (SSSR count). The predicted octanol–water partition coefficient (Wildman–Crippen LogP) is 2.43. The van der Waals surface area contributed by atoms with Crippen LogP contribution in [-0.4, -0.2) is 31.6 Å². The molecule has 0 bridgehead atoms. The molecule has 2 aromatic heterocycles. The zero-order valence-electron chi connectivity index (χ0n) is 10.8. The van der Waals surface area contributed by atoms with Crippen LogP contribution in [0, 0.1) is 6.92 Å². The van der Waals surface area contributed by atoms with E-state index in [-0.39, 0.29) is 5.75 Å². The Morgan fingerprint density at radius 2 is 2.32 bits per heavy atom. The molecule has 0 atom stereocenters. The van der Waals surface area contributed by atoms with Gasteiger partial charge in [-0.15, -0.1) is 10.2 Å². The molecule has 6 nitrogen and oxygen atoms in total. The summed E-state index contributed by atoms with van der Waals surface area (Å²) < 4.78 is 7.33. The van der Waals surface area contributed by atoms with E-state index in [1.807, 2.05) is 24.5 Å². The van der Waals surface area contributed by atoms with Crippen molar-refractivity contribution in [2.45, 2.75) is 32.0 Å². The molecule has 0 aliphatic carbocycles. The van der Waals surface area contributed by atoms with Gasteiger partial charge in [0, 0.05) is 6.54 Å². The van der Waals surface area contributed by atoms with E-state index < -0.39 is 5.97 Å². The first-order valence-electron chi connectivity index (χ1n) is 5.95. The highest BCUT2D eigenvalue weighted by molar-refractivity contribution is 7.99. The van der Waals surface area contributed by atoms with Crippen LogP contribution in [0.3, 0.4) is 0 Å². The minimum atomic E-state index is -0.869. The second kappa shape index (κ2) is 5.92. The summed E-state index contributed by atoms with van der Waals surface area (Å²) in [5.74, 6) is 0.436. The fourth-order valence-electron chi connectivity index (χ4n) is 1.72. The summed E-state index contributed by atoms with van der Waals surface area (Å²) >= 11 is 1.17. The van der Waals surface area contributed by atoms with Crippen molar-refractivity contribution in [3.63, 3.8) is 0 Å². The summed E-state index contributed by atoms with van der Waals surface area (Å²) in [5.41, 5.74) is 0.986. The van der Waals surface area contributed by atoms with Gasteiger partial charge in [-0.2, -0.15) is 0 Å². The fourth-order valence-corrected chi connectivity index (χ4v) is 2.40. The lowest BCUT2D eigenvalue weighted by Crippen LogP contribution is -2.04. The number of hydrogen-bond acceptors (Lipinski definition) is 5. The summed E-state index contributed by atoms with van der Waals surface area (Å²) in [4.78, 5) is 10.6. The molecule has 1 N–H and O–H groups in total. The van der Waals surface area contributed by atoms with Gasteiger partial charge in [-0.05, 0) is 25.0 Å². The lowest BCUT2D eigenvalue weighted by Gasteiger charge is -2.06. The minimum absolute atomic E-state index is 0.0288. The van der Waals surface area contributed by atoms with Crippen molar-refractivity contribution < 1.29 is 14.3 Å². The maximum atomic E-state index is 10.6. The van der Waals surface area contributed by atoms with E-state index in [0.29, 0.717) is 16.7 Å². The third-order valence-electron chi connectivity index (χ3n) is 2.55. The minimum Gasteiger partial charge on any atom is -0.481 e. The van der Waals surface area contributed by atoms with Crippen molar-refractivity contribution in [3.8, 4) is 11.6 Å². The zero-order chi connectivity index (χ0) is 13.8. The van der Waals surface area contributed by atoms with Crippen LogP contribution in [0.15, 0.2) is 21.9 Å². The van der Waals surface area contributed by atoms with E-state index >= 15 is 0 Å². The molecule has 0 fully saturated rings.